The molecule has 0 bridgehead atoms. The number of alkyl halides is 2. The van der Waals surface area contributed by atoms with Gasteiger partial charge in [-0.2, -0.15) is 9.98 Å². The summed E-state index contributed by atoms with van der Waals surface area (Å²) < 4.78 is -0.182. The van der Waals surface area contributed by atoms with Crippen LogP contribution >= 0.6 is 31.9 Å². The second-order valence-corrected chi connectivity index (χ2v) is 5.51. The molecule has 1 aromatic carbocycles. The maximum Gasteiger partial charge on any atom is 0.240 e. The molecule has 1 rings (SSSR count). The lowest BCUT2D eigenvalue weighted by Crippen LogP contribution is -1.81. The van der Waals surface area contributed by atoms with Crippen LogP contribution < -0.4 is 0 Å². The van der Waals surface area contributed by atoms with Gasteiger partial charge in [-0.1, -0.05) is 31.9 Å². The van der Waals surface area contributed by atoms with E-state index in [-0.39, 0.29) is 3.74 Å². The van der Waals surface area contributed by atoms with E-state index in [1.54, 1.807) is 18.2 Å². The SMILES string of the molecule is O=C=Nc1ccc(N=C=O)c(C(Br)Br)c1. The van der Waals surface area contributed by atoms with Crippen LogP contribution in [0.3, 0.4) is 0 Å². The minimum atomic E-state index is -0.182. The Morgan fingerprint density at radius 2 is 1.80 bits per heavy atom. The lowest BCUT2D eigenvalue weighted by atomic mass is 10.2. The molecule has 6 heteroatoms. The number of hydrogen-bond donors (Lipinski definition) is 0. The monoisotopic (exact) mass is 330 g/mol. The Kier molecular flexibility index (Phi) is 4.59. The Balaban J connectivity index is 3.32. The minimum absolute atomic E-state index is 0.182. The van der Waals surface area contributed by atoms with Gasteiger partial charge in [0.25, 0.3) is 0 Å². The first-order valence-electron chi connectivity index (χ1n) is 3.77. The van der Waals surface area contributed by atoms with Gasteiger partial charge in [0.05, 0.1) is 15.1 Å². The van der Waals surface area contributed by atoms with Crippen LogP contribution in [0.4, 0.5) is 11.4 Å². The van der Waals surface area contributed by atoms with Crippen molar-refractivity contribution in [2.24, 2.45) is 9.98 Å². The molecule has 1 aromatic rings. The highest BCUT2D eigenvalue weighted by molar-refractivity contribution is 9.24. The Bertz CT molecular complexity index is 461. The molecule has 0 aromatic heterocycles. The van der Waals surface area contributed by atoms with Crippen LogP contribution in [-0.2, 0) is 9.59 Å². The summed E-state index contributed by atoms with van der Waals surface area (Å²) in [6.07, 6.45) is 2.89. The highest BCUT2D eigenvalue weighted by Crippen LogP contribution is 2.37. The third-order valence-electron chi connectivity index (χ3n) is 1.59. The van der Waals surface area contributed by atoms with Crippen LogP contribution in [0, 0.1) is 0 Å². The highest BCUT2D eigenvalue weighted by Gasteiger charge is 2.09. The molecule has 0 heterocycles. The second-order valence-electron chi connectivity index (χ2n) is 2.45. The van der Waals surface area contributed by atoms with E-state index in [9.17, 15) is 9.59 Å². The maximum atomic E-state index is 10.2. The Labute approximate surface area is 102 Å². The zero-order chi connectivity index (χ0) is 11.3. The van der Waals surface area contributed by atoms with Gasteiger partial charge >= 0.3 is 0 Å². The summed E-state index contributed by atoms with van der Waals surface area (Å²) in [6, 6.07) is 4.76. The van der Waals surface area contributed by atoms with Crippen molar-refractivity contribution >= 4 is 55.4 Å². The van der Waals surface area contributed by atoms with E-state index in [4.69, 9.17) is 0 Å². The summed E-state index contributed by atoms with van der Waals surface area (Å²) in [5, 5.41) is 0. The van der Waals surface area contributed by atoms with Gasteiger partial charge < -0.3 is 0 Å². The van der Waals surface area contributed by atoms with Gasteiger partial charge in [-0.15, -0.1) is 0 Å². The van der Waals surface area contributed by atoms with Crippen molar-refractivity contribution in [1.82, 2.24) is 0 Å². The summed E-state index contributed by atoms with van der Waals surface area (Å²) in [5.41, 5.74) is 1.61. The highest BCUT2D eigenvalue weighted by atomic mass is 79.9. The predicted molar refractivity (Wildman–Crippen MR) is 62.6 cm³/mol. The summed E-state index contributed by atoms with van der Waals surface area (Å²) >= 11 is 6.55. The fraction of sp³-hybridized carbons (Fsp3) is 0.111. The van der Waals surface area contributed by atoms with Crippen molar-refractivity contribution in [3.63, 3.8) is 0 Å². The molecule has 0 saturated carbocycles. The van der Waals surface area contributed by atoms with Gasteiger partial charge in [-0.05, 0) is 18.2 Å². The average Bonchev–Trinajstić information content (AvgIpc) is 2.21. The number of hydrogen-bond acceptors (Lipinski definition) is 4. The van der Waals surface area contributed by atoms with Gasteiger partial charge in [-0.3, -0.25) is 0 Å². The second kappa shape index (κ2) is 5.73. The van der Waals surface area contributed by atoms with Gasteiger partial charge in [0, 0.05) is 5.56 Å². The summed E-state index contributed by atoms with van der Waals surface area (Å²) in [6.45, 7) is 0. The normalized spacial score (nSPS) is 9.27. The van der Waals surface area contributed by atoms with E-state index in [1.165, 1.54) is 12.2 Å². The molecule has 0 aliphatic heterocycles. The summed E-state index contributed by atoms with van der Waals surface area (Å²) in [5.74, 6) is 0. The zero-order valence-electron chi connectivity index (χ0n) is 7.28. The Hall–Kier alpha value is -1.06. The number of carbonyl (C=O) groups excluding carboxylic acids is 2. The predicted octanol–water partition coefficient (Wildman–Crippen LogP) is 3.41. The number of nitrogens with zero attached hydrogens (tertiary/aromatic N) is 2. The van der Waals surface area contributed by atoms with Gasteiger partial charge in [0.15, 0.2) is 0 Å². The van der Waals surface area contributed by atoms with E-state index in [0.717, 1.165) is 0 Å². The number of isocyanates is 2. The van der Waals surface area contributed by atoms with Crippen molar-refractivity contribution in [2.45, 2.75) is 3.74 Å². The molecule has 0 N–H and O–H groups in total. The van der Waals surface area contributed by atoms with E-state index < -0.39 is 0 Å². The molecule has 0 unspecified atom stereocenters. The van der Waals surface area contributed by atoms with Gasteiger partial charge in [-0.25, -0.2) is 9.59 Å². The standard InChI is InChI=1S/C9H4Br2N2O2/c10-9(11)7-3-6(12-4-14)1-2-8(7)13-5-15/h1-3,9H. The summed E-state index contributed by atoms with van der Waals surface area (Å²) in [7, 11) is 0. The molecule has 0 spiro atoms. The molecule has 0 amide bonds. The molecular formula is C9H4Br2N2O2. The molecule has 76 valence electrons. The smallest absolute Gasteiger partial charge is 0.211 e. The largest absolute Gasteiger partial charge is 0.240 e. The van der Waals surface area contributed by atoms with Crippen LogP contribution in [0.25, 0.3) is 0 Å². The first kappa shape index (κ1) is 12.0. The molecule has 0 aliphatic rings. The third kappa shape index (κ3) is 3.22. The lowest BCUT2D eigenvalue weighted by Gasteiger charge is -2.05. The molecule has 15 heavy (non-hydrogen) atoms. The molecule has 0 fully saturated rings. The lowest BCUT2D eigenvalue weighted by molar-refractivity contribution is 0.564. The maximum absolute atomic E-state index is 10.2. The van der Waals surface area contributed by atoms with Crippen molar-refractivity contribution in [3.05, 3.63) is 23.8 Å². The quantitative estimate of drug-likeness (QED) is 0.484. The van der Waals surface area contributed by atoms with Gasteiger partial charge in [0.2, 0.25) is 12.2 Å². The first-order chi connectivity index (χ1) is 7.19. The zero-order valence-corrected chi connectivity index (χ0v) is 10.4. The first-order valence-corrected chi connectivity index (χ1v) is 5.60. The molecule has 0 aliphatic carbocycles. The molecule has 0 radical (unpaired) electrons. The third-order valence-corrected chi connectivity index (χ3v) is 2.57. The molecule has 0 atom stereocenters. The molecular weight excluding hydrogens is 328 g/mol. The number of aliphatic imine (C=N–C) groups is 2. The summed E-state index contributed by atoms with van der Waals surface area (Å²) in [4.78, 5) is 27.2. The molecule has 4 nitrogen and oxygen atoms in total. The van der Waals surface area contributed by atoms with Crippen molar-refractivity contribution in [3.8, 4) is 0 Å². The van der Waals surface area contributed by atoms with E-state index in [1.807, 2.05) is 0 Å². The van der Waals surface area contributed by atoms with Crippen LogP contribution in [0.1, 0.15) is 9.30 Å². The van der Waals surface area contributed by atoms with Crippen LogP contribution in [0.15, 0.2) is 28.2 Å². The van der Waals surface area contributed by atoms with Crippen LogP contribution in [0.2, 0.25) is 0 Å². The van der Waals surface area contributed by atoms with E-state index in [2.05, 4.69) is 41.8 Å². The number of rotatable bonds is 3. The fourth-order valence-corrected chi connectivity index (χ4v) is 1.72. The average molecular weight is 332 g/mol. The minimum Gasteiger partial charge on any atom is -0.211 e. The van der Waals surface area contributed by atoms with E-state index >= 15 is 0 Å². The van der Waals surface area contributed by atoms with Crippen molar-refractivity contribution in [2.75, 3.05) is 0 Å². The van der Waals surface area contributed by atoms with Crippen molar-refractivity contribution < 1.29 is 9.59 Å². The molecule has 0 saturated heterocycles. The number of benzene rings is 1. The van der Waals surface area contributed by atoms with Crippen LogP contribution in [0.5, 0.6) is 0 Å². The fourth-order valence-electron chi connectivity index (χ4n) is 0.990. The Morgan fingerprint density at radius 3 is 2.33 bits per heavy atom. The van der Waals surface area contributed by atoms with Crippen LogP contribution in [-0.4, -0.2) is 12.2 Å². The van der Waals surface area contributed by atoms with E-state index in [0.29, 0.717) is 16.9 Å². The Morgan fingerprint density at radius 1 is 1.13 bits per heavy atom. The number of halogens is 2. The van der Waals surface area contributed by atoms with Gasteiger partial charge in [0.1, 0.15) is 0 Å². The topological polar surface area (TPSA) is 58.9 Å². The van der Waals surface area contributed by atoms with Crippen molar-refractivity contribution in [1.29, 1.82) is 0 Å².